The van der Waals surface area contributed by atoms with Gasteiger partial charge in [-0.25, -0.2) is 4.79 Å². The van der Waals surface area contributed by atoms with Crippen molar-refractivity contribution < 1.29 is 14.4 Å². The molecule has 0 radical (unpaired) electrons. The van der Waals surface area contributed by atoms with Gasteiger partial charge >= 0.3 is 6.03 Å². The third-order valence-electron chi connectivity index (χ3n) is 5.01. The first-order chi connectivity index (χ1) is 8.88. The summed E-state index contributed by atoms with van der Waals surface area (Å²) < 4.78 is 0. The maximum absolute atomic E-state index is 12.6. The summed E-state index contributed by atoms with van der Waals surface area (Å²) in [6, 6.07) is -0.605. The van der Waals surface area contributed by atoms with E-state index in [4.69, 9.17) is 0 Å². The lowest BCUT2D eigenvalue weighted by molar-refractivity contribution is -0.148. The molecule has 5 heteroatoms. The molecule has 3 aliphatic rings. The molecule has 1 aliphatic heterocycles. The van der Waals surface area contributed by atoms with E-state index in [0.29, 0.717) is 12.8 Å². The van der Waals surface area contributed by atoms with Crippen molar-refractivity contribution in [3.63, 3.8) is 0 Å². The number of imide groups is 2. The Kier molecular flexibility index (Phi) is 2.53. The first-order valence-corrected chi connectivity index (χ1v) is 7.08. The highest BCUT2D eigenvalue weighted by atomic mass is 16.2. The number of carbonyl (C=O) groups is 3. The van der Waals surface area contributed by atoms with Crippen molar-refractivity contribution in [2.45, 2.75) is 58.4 Å². The molecular weight excluding hydrogens is 244 g/mol. The summed E-state index contributed by atoms with van der Waals surface area (Å²) in [6.07, 6.45) is 5.18. The van der Waals surface area contributed by atoms with Gasteiger partial charge in [0.1, 0.15) is 5.41 Å². The largest absolute Gasteiger partial charge is 0.331 e. The van der Waals surface area contributed by atoms with E-state index in [1.165, 1.54) is 4.90 Å². The Bertz CT molecular complexity index is 465. The van der Waals surface area contributed by atoms with Crippen LogP contribution >= 0.6 is 0 Å². The molecule has 0 aromatic rings. The highest BCUT2D eigenvalue weighted by molar-refractivity contribution is 6.21. The molecule has 1 saturated heterocycles. The molecule has 0 aromatic heterocycles. The van der Waals surface area contributed by atoms with Gasteiger partial charge in [0, 0.05) is 6.04 Å². The second-order valence-electron chi connectivity index (χ2n) is 6.77. The number of hydrogen-bond donors (Lipinski definition) is 1. The van der Waals surface area contributed by atoms with Gasteiger partial charge in [-0.15, -0.1) is 0 Å². The lowest BCUT2D eigenvalue weighted by Gasteiger charge is -2.46. The molecule has 2 aliphatic carbocycles. The molecule has 1 atom stereocenters. The first kappa shape index (κ1) is 12.6. The number of hydrogen-bond acceptors (Lipinski definition) is 3. The van der Waals surface area contributed by atoms with E-state index in [9.17, 15) is 14.4 Å². The van der Waals surface area contributed by atoms with E-state index in [2.05, 4.69) is 19.2 Å². The smallest absolute Gasteiger partial charge is 0.277 e. The van der Waals surface area contributed by atoms with Crippen LogP contribution in [0.25, 0.3) is 0 Å². The lowest BCUT2D eigenvalue weighted by atomic mass is 9.72. The molecule has 3 fully saturated rings. The Morgan fingerprint density at radius 1 is 1.11 bits per heavy atom. The van der Waals surface area contributed by atoms with E-state index in [1.54, 1.807) is 0 Å². The standard InChI is InChI=1S/C14H20N2O3/c1-13(2)6-4-3-5-9(13)16-11(18)14(7-8-14)10(17)15-12(16)19/h9H,3-8H2,1-2H3,(H,15,17,19). The maximum atomic E-state index is 12.6. The second-order valence-corrected chi connectivity index (χ2v) is 6.77. The zero-order valence-electron chi connectivity index (χ0n) is 11.5. The quantitative estimate of drug-likeness (QED) is 0.734. The zero-order valence-corrected chi connectivity index (χ0v) is 11.5. The molecule has 19 heavy (non-hydrogen) atoms. The molecular formula is C14H20N2O3. The van der Waals surface area contributed by atoms with Gasteiger partial charge in [-0.1, -0.05) is 26.7 Å². The predicted molar refractivity (Wildman–Crippen MR) is 68.1 cm³/mol. The van der Waals surface area contributed by atoms with Crippen LogP contribution in [0.2, 0.25) is 0 Å². The Labute approximate surface area is 112 Å². The third-order valence-corrected chi connectivity index (χ3v) is 5.01. The number of amides is 4. The molecule has 2 saturated carbocycles. The van der Waals surface area contributed by atoms with Gasteiger partial charge in [0.2, 0.25) is 11.8 Å². The number of rotatable bonds is 1. The first-order valence-electron chi connectivity index (χ1n) is 7.08. The van der Waals surface area contributed by atoms with Crippen molar-refractivity contribution >= 4 is 17.8 Å². The minimum atomic E-state index is -0.915. The van der Waals surface area contributed by atoms with E-state index in [0.717, 1.165) is 25.7 Å². The molecule has 3 rings (SSSR count). The summed E-state index contributed by atoms with van der Waals surface area (Å²) in [5, 5.41) is 2.37. The van der Waals surface area contributed by atoms with Gasteiger partial charge in [0.25, 0.3) is 0 Å². The van der Waals surface area contributed by atoms with Crippen LogP contribution in [0, 0.1) is 10.8 Å². The van der Waals surface area contributed by atoms with Crippen LogP contribution in [0.4, 0.5) is 4.79 Å². The van der Waals surface area contributed by atoms with Gasteiger partial charge in [-0.05, 0) is 31.1 Å². The maximum Gasteiger partial charge on any atom is 0.331 e. The molecule has 5 nitrogen and oxygen atoms in total. The van der Waals surface area contributed by atoms with E-state index in [1.807, 2.05) is 0 Å². The molecule has 0 bridgehead atoms. The van der Waals surface area contributed by atoms with Crippen LogP contribution in [0.5, 0.6) is 0 Å². The minimum Gasteiger partial charge on any atom is -0.277 e. The number of nitrogens with zero attached hydrogens (tertiary/aromatic N) is 1. The van der Waals surface area contributed by atoms with Crippen LogP contribution < -0.4 is 5.32 Å². The predicted octanol–water partition coefficient (Wildman–Crippen LogP) is 1.81. The lowest BCUT2D eigenvalue weighted by Crippen LogP contribution is -2.64. The molecule has 1 unspecified atom stereocenters. The van der Waals surface area contributed by atoms with E-state index in [-0.39, 0.29) is 17.4 Å². The molecule has 104 valence electrons. The van der Waals surface area contributed by atoms with Crippen molar-refractivity contribution in [1.29, 1.82) is 0 Å². The average molecular weight is 264 g/mol. The van der Waals surface area contributed by atoms with Gasteiger partial charge in [0.15, 0.2) is 0 Å². The highest BCUT2D eigenvalue weighted by Crippen LogP contribution is 2.51. The summed E-state index contributed by atoms with van der Waals surface area (Å²) in [5.74, 6) is -0.659. The molecule has 1 spiro atoms. The van der Waals surface area contributed by atoms with Crippen molar-refractivity contribution in [2.24, 2.45) is 10.8 Å². The topological polar surface area (TPSA) is 66.5 Å². The zero-order chi connectivity index (χ0) is 13.8. The fraction of sp³-hybridized carbons (Fsp3) is 0.786. The van der Waals surface area contributed by atoms with Crippen molar-refractivity contribution in [1.82, 2.24) is 10.2 Å². The molecule has 0 aromatic carbocycles. The summed E-state index contributed by atoms with van der Waals surface area (Å²) in [7, 11) is 0. The van der Waals surface area contributed by atoms with Crippen molar-refractivity contribution in [2.75, 3.05) is 0 Å². The Morgan fingerprint density at radius 3 is 2.37 bits per heavy atom. The fourth-order valence-electron chi connectivity index (χ4n) is 3.50. The number of barbiturate groups is 1. The number of urea groups is 1. The van der Waals surface area contributed by atoms with Crippen LogP contribution in [-0.4, -0.2) is 28.8 Å². The van der Waals surface area contributed by atoms with Gasteiger partial charge < -0.3 is 0 Å². The normalized spacial score (nSPS) is 32.4. The fourth-order valence-corrected chi connectivity index (χ4v) is 3.50. The summed E-state index contributed by atoms with van der Waals surface area (Å²) in [5.41, 5.74) is -0.983. The second kappa shape index (κ2) is 3.81. The summed E-state index contributed by atoms with van der Waals surface area (Å²) >= 11 is 0. The highest BCUT2D eigenvalue weighted by Gasteiger charge is 2.63. The van der Waals surface area contributed by atoms with Crippen LogP contribution in [-0.2, 0) is 9.59 Å². The van der Waals surface area contributed by atoms with Crippen molar-refractivity contribution in [3.8, 4) is 0 Å². The van der Waals surface area contributed by atoms with E-state index < -0.39 is 17.4 Å². The van der Waals surface area contributed by atoms with Gasteiger partial charge in [-0.3, -0.25) is 19.8 Å². The van der Waals surface area contributed by atoms with Gasteiger partial charge in [-0.2, -0.15) is 0 Å². The van der Waals surface area contributed by atoms with Crippen LogP contribution in [0.3, 0.4) is 0 Å². The van der Waals surface area contributed by atoms with Crippen LogP contribution in [0.1, 0.15) is 52.4 Å². The molecule has 1 heterocycles. The summed E-state index contributed by atoms with van der Waals surface area (Å²) in [4.78, 5) is 37.8. The minimum absolute atomic E-state index is 0.0677. The molecule has 1 N–H and O–H groups in total. The number of carbonyl (C=O) groups excluding carboxylic acids is 3. The summed E-state index contributed by atoms with van der Waals surface area (Å²) in [6.45, 7) is 4.21. The van der Waals surface area contributed by atoms with E-state index >= 15 is 0 Å². The Balaban J connectivity index is 1.92. The SMILES string of the molecule is CC1(C)CCCCC1N1C(=O)NC(=O)C2(CC2)C1=O. The monoisotopic (exact) mass is 264 g/mol. The molecule has 4 amide bonds. The van der Waals surface area contributed by atoms with Gasteiger partial charge in [0.05, 0.1) is 0 Å². The third kappa shape index (κ3) is 1.70. The van der Waals surface area contributed by atoms with Crippen LogP contribution in [0.15, 0.2) is 0 Å². The Hall–Kier alpha value is -1.39. The Morgan fingerprint density at radius 2 is 1.79 bits per heavy atom. The van der Waals surface area contributed by atoms with Crippen molar-refractivity contribution in [3.05, 3.63) is 0 Å². The average Bonchev–Trinajstić information content (AvgIpc) is 3.10. The number of nitrogens with one attached hydrogen (secondary N) is 1.